The second kappa shape index (κ2) is 7.31. The molecule has 1 aliphatic heterocycles. The molecule has 1 heterocycles. The number of thiocarbonyl (C=S) groups is 1. The van der Waals surface area contributed by atoms with Crippen LogP contribution in [0.15, 0.2) is 29.2 Å². The summed E-state index contributed by atoms with van der Waals surface area (Å²) in [4.78, 5) is 0.361. The van der Waals surface area contributed by atoms with E-state index < -0.39 is 10.0 Å². The average Bonchev–Trinajstić information content (AvgIpc) is 2.48. The number of ether oxygens (including phenoxy) is 1. The van der Waals surface area contributed by atoms with E-state index in [1.165, 1.54) is 12.1 Å². The van der Waals surface area contributed by atoms with Gasteiger partial charge in [-0.25, -0.2) is 13.1 Å². The van der Waals surface area contributed by atoms with E-state index in [9.17, 15) is 8.42 Å². The summed E-state index contributed by atoms with van der Waals surface area (Å²) < 4.78 is 32.6. The molecule has 1 aromatic carbocycles. The lowest BCUT2D eigenvalue weighted by Gasteiger charge is -2.22. The molecule has 3 N–H and O–H groups in total. The first-order valence-corrected chi connectivity index (χ1v) is 8.89. The molecule has 7 heteroatoms. The minimum Gasteiger partial charge on any atom is -0.389 e. The molecular formula is C14H20N2O3S2. The monoisotopic (exact) mass is 328 g/mol. The van der Waals surface area contributed by atoms with Gasteiger partial charge in [-0.1, -0.05) is 24.4 Å². The third-order valence-electron chi connectivity index (χ3n) is 3.46. The van der Waals surface area contributed by atoms with Crippen LogP contribution in [0.1, 0.15) is 31.2 Å². The van der Waals surface area contributed by atoms with E-state index in [4.69, 9.17) is 22.7 Å². The fraction of sp³-hybridized carbons (Fsp3) is 0.500. The molecule has 0 amide bonds. The van der Waals surface area contributed by atoms with Gasteiger partial charge in [0.25, 0.3) is 0 Å². The number of benzene rings is 1. The molecule has 5 nitrogen and oxygen atoms in total. The lowest BCUT2D eigenvalue weighted by atomic mass is 10.1. The quantitative estimate of drug-likeness (QED) is 0.775. The zero-order valence-electron chi connectivity index (χ0n) is 11.7. The van der Waals surface area contributed by atoms with Gasteiger partial charge in [0.15, 0.2) is 0 Å². The Bertz CT molecular complexity index is 596. The average molecular weight is 328 g/mol. The number of hydrogen-bond acceptors (Lipinski definition) is 4. The van der Waals surface area contributed by atoms with E-state index in [1.54, 1.807) is 12.1 Å². The fourth-order valence-electron chi connectivity index (χ4n) is 2.29. The van der Waals surface area contributed by atoms with Gasteiger partial charge in [-0.15, -0.1) is 0 Å². The summed E-state index contributed by atoms with van der Waals surface area (Å²) >= 11 is 4.86. The van der Waals surface area contributed by atoms with Gasteiger partial charge >= 0.3 is 0 Å². The zero-order valence-corrected chi connectivity index (χ0v) is 13.4. The number of hydrogen-bond donors (Lipinski definition) is 2. The zero-order chi connectivity index (χ0) is 15.3. The van der Waals surface area contributed by atoms with Crippen LogP contribution >= 0.6 is 12.2 Å². The Morgan fingerprint density at radius 1 is 1.43 bits per heavy atom. The lowest BCUT2D eigenvalue weighted by molar-refractivity contribution is 0.0123. The Kier molecular flexibility index (Phi) is 5.69. The topological polar surface area (TPSA) is 81.4 Å². The van der Waals surface area contributed by atoms with Crippen LogP contribution in [0, 0.1) is 0 Å². The molecule has 1 fully saturated rings. The minimum atomic E-state index is -3.54. The molecule has 0 spiro atoms. The van der Waals surface area contributed by atoms with Crippen molar-refractivity contribution in [1.82, 2.24) is 4.72 Å². The highest BCUT2D eigenvalue weighted by Crippen LogP contribution is 2.16. The van der Waals surface area contributed by atoms with Gasteiger partial charge in [-0.3, -0.25) is 0 Å². The second-order valence-corrected chi connectivity index (χ2v) is 7.27. The maximum atomic E-state index is 12.2. The molecule has 21 heavy (non-hydrogen) atoms. The van der Waals surface area contributed by atoms with Gasteiger partial charge < -0.3 is 10.5 Å². The van der Waals surface area contributed by atoms with Gasteiger partial charge in [0.2, 0.25) is 10.0 Å². The van der Waals surface area contributed by atoms with E-state index in [0.717, 1.165) is 25.9 Å². The molecule has 0 saturated carbocycles. The van der Waals surface area contributed by atoms with E-state index in [2.05, 4.69) is 4.72 Å². The maximum Gasteiger partial charge on any atom is 0.240 e. The van der Waals surface area contributed by atoms with Gasteiger partial charge in [0.05, 0.1) is 11.0 Å². The van der Waals surface area contributed by atoms with Crippen molar-refractivity contribution in [2.24, 2.45) is 5.73 Å². The van der Waals surface area contributed by atoms with Crippen molar-refractivity contribution in [3.05, 3.63) is 29.8 Å². The normalized spacial score (nSPS) is 19.3. The highest BCUT2D eigenvalue weighted by molar-refractivity contribution is 7.89. The molecule has 1 unspecified atom stereocenters. The summed E-state index contributed by atoms with van der Waals surface area (Å²) in [5, 5.41) is 0. The van der Waals surface area contributed by atoms with Gasteiger partial charge in [0, 0.05) is 18.7 Å². The molecule has 1 atom stereocenters. The molecule has 0 bridgehead atoms. The van der Waals surface area contributed by atoms with Gasteiger partial charge in [0.1, 0.15) is 4.99 Å². The van der Waals surface area contributed by atoms with Crippen molar-refractivity contribution in [3.8, 4) is 0 Å². The Morgan fingerprint density at radius 3 is 2.90 bits per heavy atom. The summed E-state index contributed by atoms with van der Waals surface area (Å²) in [6.07, 6.45) is 4.08. The number of sulfonamides is 1. The Balaban J connectivity index is 1.94. The van der Waals surface area contributed by atoms with Crippen molar-refractivity contribution in [1.29, 1.82) is 0 Å². The molecule has 1 aliphatic rings. The second-order valence-electron chi connectivity index (χ2n) is 5.07. The Morgan fingerprint density at radius 2 is 2.24 bits per heavy atom. The van der Waals surface area contributed by atoms with Crippen LogP contribution in [-0.4, -0.2) is 32.7 Å². The number of rotatable bonds is 6. The van der Waals surface area contributed by atoms with Crippen LogP contribution in [-0.2, 0) is 14.8 Å². The largest absolute Gasteiger partial charge is 0.389 e. The van der Waals surface area contributed by atoms with E-state index >= 15 is 0 Å². The van der Waals surface area contributed by atoms with Crippen molar-refractivity contribution < 1.29 is 13.2 Å². The molecule has 0 aromatic heterocycles. The highest BCUT2D eigenvalue weighted by atomic mass is 32.2. The van der Waals surface area contributed by atoms with E-state index in [1.807, 2.05) is 0 Å². The van der Waals surface area contributed by atoms with Crippen LogP contribution in [0.5, 0.6) is 0 Å². The van der Waals surface area contributed by atoms with Crippen molar-refractivity contribution >= 4 is 27.2 Å². The summed E-state index contributed by atoms with van der Waals surface area (Å²) in [5.74, 6) is 0. The van der Waals surface area contributed by atoms with Gasteiger partial charge in [-0.2, -0.15) is 0 Å². The van der Waals surface area contributed by atoms with Crippen LogP contribution in [0.3, 0.4) is 0 Å². The summed E-state index contributed by atoms with van der Waals surface area (Å²) in [6.45, 7) is 1.14. The smallest absolute Gasteiger partial charge is 0.240 e. The first kappa shape index (κ1) is 16.4. The number of nitrogens with one attached hydrogen (secondary N) is 1. The van der Waals surface area contributed by atoms with Crippen LogP contribution in [0.25, 0.3) is 0 Å². The third-order valence-corrected chi connectivity index (χ3v) is 5.16. The molecule has 116 valence electrons. The Hall–Kier alpha value is -1.02. The van der Waals surface area contributed by atoms with Crippen LogP contribution < -0.4 is 10.5 Å². The van der Waals surface area contributed by atoms with Crippen LogP contribution in [0.4, 0.5) is 0 Å². The molecule has 1 aromatic rings. The minimum absolute atomic E-state index is 0.157. The standard InChI is InChI=1S/C14H20N2O3S2/c15-14(20)11-4-3-6-13(10-11)21(17,18)16-8-7-12-5-1-2-9-19-12/h3-4,6,10,12,16H,1-2,5,7-9H2,(H2,15,20). The van der Waals surface area contributed by atoms with Crippen molar-refractivity contribution in [2.45, 2.75) is 36.7 Å². The van der Waals surface area contributed by atoms with Crippen LogP contribution in [0.2, 0.25) is 0 Å². The molecule has 1 saturated heterocycles. The number of nitrogens with two attached hydrogens (primary N) is 1. The molecular weight excluding hydrogens is 308 g/mol. The van der Waals surface area contributed by atoms with Crippen molar-refractivity contribution in [3.63, 3.8) is 0 Å². The fourth-order valence-corrected chi connectivity index (χ4v) is 3.51. The van der Waals surface area contributed by atoms with Gasteiger partial charge in [-0.05, 0) is 37.8 Å². The summed E-state index contributed by atoms with van der Waals surface area (Å²) in [6, 6.07) is 6.34. The molecule has 0 aliphatic carbocycles. The SMILES string of the molecule is NC(=S)c1cccc(S(=O)(=O)NCCC2CCCCO2)c1. The lowest BCUT2D eigenvalue weighted by Crippen LogP contribution is -2.29. The first-order valence-electron chi connectivity index (χ1n) is 7.00. The van der Waals surface area contributed by atoms with E-state index in [0.29, 0.717) is 18.5 Å². The maximum absolute atomic E-state index is 12.2. The van der Waals surface area contributed by atoms with Crippen molar-refractivity contribution in [2.75, 3.05) is 13.2 Å². The molecule has 0 radical (unpaired) electrons. The third kappa shape index (κ3) is 4.74. The Labute approximate surface area is 130 Å². The highest BCUT2D eigenvalue weighted by Gasteiger charge is 2.17. The summed E-state index contributed by atoms with van der Waals surface area (Å²) in [7, 11) is -3.54. The van der Waals surface area contributed by atoms with E-state index in [-0.39, 0.29) is 16.0 Å². The predicted octanol–water partition coefficient (Wildman–Crippen LogP) is 1.56. The molecule has 2 rings (SSSR count). The first-order chi connectivity index (χ1) is 9.99. The predicted molar refractivity (Wildman–Crippen MR) is 85.7 cm³/mol. The summed E-state index contributed by atoms with van der Waals surface area (Å²) in [5.41, 5.74) is 6.07.